The SMILES string of the molecule is Cc1nc(B2OC(C)(C)C(C)(C)O2)ccc1OC[C@@](C)(N)CC(C)C. The van der Waals surface area contributed by atoms with Crippen molar-refractivity contribution in [1.82, 2.24) is 4.98 Å². The van der Waals surface area contributed by atoms with E-state index in [1.807, 2.05) is 53.7 Å². The summed E-state index contributed by atoms with van der Waals surface area (Å²) in [6, 6.07) is 3.83. The molecule has 0 bridgehead atoms. The predicted molar refractivity (Wildman–Crippen MR) is 102 cm³/mol. The van der Waals surface area contributed by atoms with E-state index in [0.717, 1.165) is 23.5 Å². The molecule has 1 fully saturated rings. The highest BCUT2D eigenvalue weighted by atomic mass is 16.7. The van der Waals surface area contributed by atoms with Crippen LogP contribution in [0.15, 0.2) is 12.1 Å². The van der Waals surface area contributed by atoms with Gasteiger partial charge in [-0.2, -0.15) is 0 Å². The van der Waals surface area contributed by atoms with Crippen molar-refractivity contribution >= 4 is 12.7 Å². The zero-order valence-corrected chi connectivity index (χ0v) is 17.0. The lowest BCUT2D eigenvalue weighted by Crippen LogP contribution is -2.43. The molecule has 1 atom stereocenters. The average molecular weight is 348 g/mol. The van der Waals surface area contributed by atoms with Gasteiger partial charge in [-0.25, -0.2) is 0 Å². The maximum atomic E-state index is 6.32. The molecule has 6 heteroatoms. The first-order valence-electron chi connectivity index (χ1n) is 9.08. The van der Waals surface area contributed by atoms with Crippen LogP contribution in [0.3, 0.4) is 0 Å². The Kier molecular flexibility index (Phi) is 5.57. The summed E-state index contributed by atoms with van der Waals surface area (Å²) in [6.45, 7) is 16.9. The van der Waals surface area contributed by atoms with Crippen LogP contribution in [0.5, 0.6) is 5.75 Å². The molecule has 0 amide bonds. The summed E-state index contributed by atoms with van der Waals surface area (Å²) in [4.78, 5) is 4.63. The van der Waals surface area contributed by atoms with E-state index in [1.54, 1.807) is 0 Å². The van der Waals surface area contributed by atoms with Gasteiger partial charge in [-0.1, -0.05) is 13.8 Å². The van der Waals surface area contributed by atoms with Gasteiger partial charge in [0.25, 0.3) is 0 Å². The average Bonchev–Trinajstić information content (AvgIpc) is 2.64. The van der Waals surface area contributed by atoms with Gasteiger partial charge < -0.3 is 19.8 Å². The van der Waals surface area contributed by atoms with Gasteiger partial charge in [0, 0.05) is 5.54 Å². The highest BCUT2D eigenvalue weighted by Crippen LogP contribution is 2.36. The fraction of sp³-hybridized carbons (Fsp3) is 0.737. The van der Waals surface area contributed by atoms with Crippen molar-refractivity contribution < 1.29 is 14.0 Å². The highest BCUT2D eigenvalue weighted by Gasteiger charge is 2.52. The number of aromatic nitrogens is 1. The number of nitrogens with two attached hydrogens (primary N) is 1. The molecule has 2 rings (SSSR count). The Bertz CT molecular complexity index is 599. The minimum Gasteiger partial charge on any atom is -0.490 e. The normalized spacial score (nSPS) is 21.4. The molecule has 0 aromatic carbocycles. The second-order valence-corrected chi connectivity index (χ2v) is 8.95. The van der Waals surface area contributed by atoms with Gasteiger partial charge in [-0.05, 0) is 66.0 Å². The minimum atomic E-state index is -0.460. The van der Waals surface area contributed by atoms with Crippen LogP contribution < -0.4 is 16.1 Å². The van der Waals surface area contributed by atoms with Crippen molar-refractivity contribution in [1.29, 1.82) is 0 Å². The van der Waals surface area contributed by atoms with E-state index in [2.05, 4.69) is 18.8 Å². The van der Waals surface area contributed by atoms with Gasteiger partial charge >= 0.3 is 7.12 Å². The van der Waals surface area contributed by atoms with Crippen LogP contribution in [-0.4, -0.2) is 35.5 Å². The highest BCUT2D eigenvalue weighted by molar-refractivity contribution is 6.61. The molecule has 5 nitrogen and oxygen atoms in total. The molecular weight excluding hydrogens is 315 g/mol. The van der Waals surface area contributed by atoms with Crippen LogP contribution in [0, 0.1) is 12.8 Å². The summed E-state index contributed by atoms with van der Waals surface area (Å²) in [6.07, 6.45) is 0.908. The molecule has 1 saturated heterocycles. The Morgan fingerprint density at radius 2 is 1.76 bits per heavy atom. The van der Waals surface area contributed by atoms with E-state index in [1.165, 1.54) is 0 Å². The van der Waals surface area contributed by atoms with Crippen LogP contribution in [0.2, 0.25) is 0 Å². The summed E-state index contributed by atoms with van der Waals surface area (Å²) >= 11 is 0. The van der Waals surface area contributed by atoms with Gasteiger partial charge in [0.05, 0.1) is 22.5 Å². The third kappa shape index (κ3) is 4.75. The first kappa shape index (κ1) is 20.2. The number of nitrogens with zero attached hydrogens (tertiary/aromatic N) is 1. The first-order chi connectivity index (χ1) is 11.3. The number of ether oxygens (including phenoxy) is 1. The maximum absolute atomic E-state index is 6.32. The number of rotatable bonds is 6. The topological polar surface area (TPSA) is 66.6 Å². The quantitative estimate of drug-likeness (QED) is 0.801. The van der Waals surface area contributed by atoms with E-state index in [4.69, 9.17) is 19.8 Å². The molecule has 25 heavy (non-hydrogen) atoms. The fourth-order valence-electron chi connectivity index (χ4n) is 3.05. The molecule has 140 valence electrons. The second kappa shape index (κ2) is 6.90. The van der Waals surface area contributed by atoms with E-state index in [9.17, 15) is 0 Å². The third-order valence-corrected chi connectivity index (χ3v) is 4.99. The Hall–Kier alpha value is -1.11. The zero-order valence-electron chi connectivity index (χ0n) is 17.0. The van der Waals surface area contributed by atoms with Crippen molar-refractivity contribution in [2.45, 2.75) is 78.6 Å². The molecule has 2 N–H and O–H groups in total. The molecular formula is C19H33BN2O3. The third-order valence-electron chi connectivity index (χ3n) is 4.99. The molecule has 2 heterocycles. The maximum Gasteiger partial charge on any atom is 0.514 e. The summed E-state index contributed by atoms with van der Waals surface area (Å²) < 4.78 is 18.0. The van der Waals surface area contributed by atoms with Gasteiger partial charge in [0.1, 0.15) is 12.4 Å². The summed E-state index contributed by atoms with van der Waals surface area (Å²) in [5.74, 6) is 1.28. The van der Waals surface area contributed by atoms with Crippen LogP contribution in [-0.2, 0) is 9.31 Å². The van der Waals surface area contributed by atoms with E-state index < -0.39 is 7.12 Å². The Morgan fingerprint density at radius 3 is 2.24 bits per heavy atom. The van der Waals surface area contributed by atoms with Crippen molar-refractivity contribution in [3.63, 3.8) is 0 Å². The summed E-state index contributed by atoms with van der Waals surface area (Å²) in [5, 5.41) is 0. The Morgan fingerprint density at radius 1 is 1.20 bits per heavy atom. The standard InChI is InChI=1S/C19H33BN2O3/c1-13(2)11-19(8,21)12-23-15-9-10-16(22-14(15)3)20-24-17(4,5)18(6,7)25-20/h9-10,13H,11-12,21H2,1-8H3/t19-/m0/s1. The Labute approximate surface area is 152 Å². The first-order valence-corrected chi connectivity index (χ1v) is 9.08. The molecule has 0 aliphatic carbocycles. The number of hydrogen-bond donors (Lipinski definition) is 1. The summed E-state index contributed by atoms with van der Waals surface area (Å²) in [5.41, 5.74) is 6.79. The zero-order chi connectivity index (χ0) is 19.0. The summed E-state index contributed by atoms with van der Waals surface area (Å²) in [7, 11) is -0.460. The van der Waals surface area contributed by atoms with Crippen molar-refractivity contribution in [2.75, 3.05) is 6.61 Å². The van der Waals surface area contributed by atoms with Gasteiger partial charge in [0.2, 0.25) is 0 Å². The smallest absolute Gasteiger partial charge is 0.490 e. The van der Waals surface area contributed by atoms with Gasteiger partial charge in [0.15, 0.2) is 0 Å². The predicted octanol–water partition coefficient (Wildman–Crippen LogP) is 2.83. The molecule has 0 unspecified atom stereocenters. The molecule has 1 aromatic heterocycles. The molecule has 0 radical (unpaired) electrons. The van der Waals surface area contributed by atoms with E-state index in [0.29, 0.717) is 12.5 Å². The van der Waals surface area contributed by atoms with Crippen molar-refractivity contribution in [3.05, 3.63) is 17.8 Å². The van der Waals surface area contributed by atoms with Gasteiger partial charge in [-0.3, -0.25) is 4.98 Å². The molecule has 1 aromatic rings. The van der Waals surface area contributed by atoms with Crippen LogP contribution >= 0.6 is 0 Å². The number of hydrogen-bond acceptors (Lipinski definition) is 5. The number of aryl methyl sites for hydroxylation is 1. The molecule has 1 aliphatic rings. The molecule has 0 spiro atoms. The lowest BCUT2D eigenvalue weighted by atomic mass is 9.84. The minimum absolute atomic E-state index is 0.356. The van der Waals surface area contributed by atoms with E-state index >= 15 is 0 Å². The second-order valence-electron chi connectivity index (χ2n) is 8.95. The van der Waals surface area contributed by atoms with Crippen molar-refractivity contribution in [3.8, 4) is 5.75 Å². The van der Waals surface area contributed by atoms with Crippen LogP contribution in [0.4, 0.5) is 0 Å². The lowest BCUT2D eigenvalue weighted by molar-refractivity contribution is 0.00578. The van der Waals surface area contributed by atoms with Crippen LogP contribution in [0.25, 0.3) is 0 Å². The molecule has 1 aliphatic heterocycles. The van der Waals surface area contributed by atoms with Crippen molar-refractivity contribution in [2.24, 2.45) is 11.7 Å². The monoisotopic (exact) mass is 348 g/mol. The van der Waals surface area contributed by atoms with Crippen LogP contribution in [0.1, 0.15) is 60.6 Å². The Balaban J connectivity index is 2.07. The van der Waals surface area contributed by atoms with Gasteiger partial charge in [-0.15, -0.1) is 0 Å². The largest absolute Gasteiger partial charge is 0.514 e. The lowest BCUT2D eigenvalue weighted by Gasteiger charge is -2.32. The fourth-order valence-corrected chi connectivity index (χ4v) is 3.05. The van der Waals surface area contributed by atoms with E-state index in [-0.39, 0.29) is 16.7 Å². The number of pyridine rings is 1. The molecule has 0 saturated carbocycles.